The van der Waals surface area contributed by atoms with Crippen molar-refractivity contribution in [1.82, 2.24) is 5.32 Å². The summed E-state index contributed by atoms with van der Waals surface area (Å²) in [5.74, 6) is -2.31. The number of nitrogens with zero attached hydrogens (tertiary/aromatic N) is 1. The molecule has 1 saturated heterocycles. The van der Waals surface area contributed by atoms with Crippen molar-refractivity contribution < 1.29 is 34.3 Å². The first kappa shape index (κ1) is 22.2. The second kappa shape index (κ2) is 11.7. The fraction of sp³-hybridized carbons (Fsp3) is 0.533. The van der Waals surface area contributed by atoms with E-state index in [0.717, 1.165) is 0 Å². The Morgan fingerprint density at radius 1 is 1.50 bits per heavy atom. The molecule has 0 aromatic heterocycles. The van der Waals surface area contributed by atoms with Crippen LogP contribution in [0.25, 0.3) is 0 Å². The molecule has 0 bridgehead atoms. The van der Waals surface area contributed by atoms with Crippen molar-refractivity contribution >= 4 is 36.5 Å². The highest BCUT2D eigenvalue weighted by Gasteiger charge is 2.37. The van der Waals surface area contributed by atoms with Gasteiger partial charge < -0.3 is 30.0 Å². The van der Waals surface area contributed by atoms with Gasteiger partial charge in [-0.1, -0.05) is 17.8 Å². The van der Waals surface area contributed by atoms with Crippen LogP contribution in [-0.2, 0) is 19.1 Å². The number of rotatable bonds is 10. The number of aliphatic hydroxyl groups excluding tert-OH is 1. The number of amides is 1. The number of thioether (sulfide) groups is 1. The van der Waals surface area contributed by atoms with Crippen LogP contribution in [0.4, 0.5) is 0 Å². The molecule has 0 aromatic carbocycles. The summed E-state index contributed by atoms with van der Waals surface area (Å²) in [7, 11) is -1.32. The molecule has 1 aliphatic heterocycles. The molecule has 1 rings (SSSR count). The van der Waals surface area contributed by atoms with Crippen LogP contribution >= 0.6 is 11.8 Å². The van der Waals surface area contributed by atoms with Gasteiger partial charge >= 0.3 is 13.1 Å². The molecule has 0 radical (unpaired) electrons. The van der Waals surface area contributed by atoms with E-state index in [-0.39, 0.29) is 25.3 Å². The average Bonchev–Trinajstić information content (AvgIpc) is 2.59. The highest BCUT2D eigenvalue weighted by molar-refractivity contribution is 8.03. The molecule has 144 valence electrons. The molecule has 1 amide bonds. The summed E-state index contributed by atoms with van der Waals surface area (Å²) >= 11 is 1.26. The first-order valence-corrected chi connectivity index (χ1v) is 9.19. The van der Waals surface area contributed by atoms with Gasteiger partial charge in [0, 0.05) is 4.91 Å². The summed E-state index contributed by atoms with van der Waals surface area (Å²) in [5.41, 5.74) is -0.0225. The number of aliphatic hydroxyl groups is 1. The Morgan fingerprint density at radius 2 is 2.23 bits per heavy atom. The Morgan fingerprint density at radius 3 is 2.77 bits per heavy atom. The quantitative estimate of drug-likeness (QED) is 0.135. The van der Waals surface area contributed by atoms with Crippen molar-refractivity contribution in [2.75, 3.05) is 19.5 Å². The Labute approximate surface area is 156 Å². The lowest BCUT2D eigenvalue weighted by atomic mass is 9.72. The maximum atomic E-state index is 12.6. The minimum Gasteiger partial charge on any atom is -0.481 e. The maximum absolute atomic E-state index is 12.6. The smallest absolute Gasteiger partial charge is 0.478 e. The number of carboxylic acid groups (broad SMARTS) is 1. The number of aliphatic carboxylic acids is 1. The minimum atomic E-state index is -1.32. The van der Waals surface area contributed by atoms with Gasteiger partial charge in [-0.25, -0.2) is 0 Å². The molecule has 11 heteroatoms. The zero-order valence-corrected chi connectivity index (χ0v) is 15.3. The van der Waals surface area contributed by atoms with E-state index in [4.69, 9.17) is 19.7 Å². The van der Waals surface area contributed by atoms with Gasteiger partial charge in [-0.05, 0) is 25.2 Å². The van der Waals surface area contributed by atoms with Crippen LogP contribution in [0.15, 0.2) is 28.8 Å². The summed E-state index contributed by atoms with van der Waals surface area (Å²) in [6.45, 7) is 3.26. The second-order valence-electron chi connectivity index (χ2n) is 5.37. The molecule has 1 aliphatic rings. The van der Waals surface area contributed by atoms with E-state index in [1.165, 1.54) is 17.8 Å². The van der Waals surface area contributed by atoms with Crippen molar-refractivity contribution in [3.8, 4) is 0 Å². The lowest BCUT2D eigenvalue weighted by Crippen LogP contribution is -2.54. The SMILES string of the molecule is C=C/C=C(SC)/C(=N\OCCO)C(=O)NC1CCC(CC(=O)O)OB1O. The largest absolute Gasteiger partial charge is 0.481 e. The summed E-state index contributed by atoms with van der Waals surface area (Å²) in [6.07, 6.45) is 4.77. The number of allylic oxidation sites excluding steroid dienone is 2. The van der Waals surface area contributed by atoms with E-state index < -0.39 is 31.0 Å². The molecule has 0 aromatic rings. The molecule has 2 atom stereocenters. The normalized spacial score (nSPS) is 21.3. The van der Waals surface area contributed by atoms with E-state index in [1.807, 2.05) is 0 Å². The van der Waals surface area contributed by atoms with Gasteiger partial charge in [-0.3, -0.25) is 9.59 Å². The van der Waals surface area contributed by atoms with Crippen LogP contribution in [0.1, 0.15) is 19.3 Å². The molecule has 2 unspecified atom stereocenters. The molecular formula is C15H23BN2O7S. The number of hydrogen-bond acceptors (Lipinski definition) is 8. The predicted molar refractivity (Wildman–Crippen MR) is 98.5 cm³/mol. The van der Waals surface area contributed by atoms with Crippen LogP contribution in [0.5, 0.6) is 0 Å². The summed E-state index contributed by atoms with van der Waals surface area (Å²) in [6, 6.07) is 0. The number of carbonyl (C=O) groups is 2. The molecule has 4 N–H and O–H groups in total. The zero-order chi connectivity index (χ0) is 19.5. The third-order valence-electron chi connectivity index (χ3n) is 3.47. The van der Waals surface area contributed by atoms with Crippen molar-refractivity contribution in [2.24, 2.45) is 5.16 Å². The topological polar surface area (TPSA) is 138 Å². The van der Waals surface area contributed by atoms with Gasteiger partial charge in [0.05, 0.1) is 25.1 Å². The number of oxime groups is 1. The van der Waals surface area contributed by atoms with Crippen molar-refractivity contribution in [3.63, 3.8) is 0 Å². The van der Waals surface area contributed by atoms with Gasteiger partial charge in [0.15, 0.2) is 5.71 Å². The Balaban J connectivity index is 2.80. The van der Waals surface area contributed by atoms with E-state index in [9.17, 15) is 14.6 Å². The average molecular weight is 386 g/mol. The molecule has 1 heterocycles. The van der Waals surface area contributed by atoms with Gasteiger partial charge in [0.1, 0.15) is 6.61 Å². The highest BCUT2D eigenvalue weighted by Crippen LogP contribution is 2.20. The summed E-state index contributed by atoms with van der Waals surface area (Å²) < 4.78 is 5.24. The molecule has 0 spiro atoms. The first-order valence-electron chi connectivity index (χ1n) is 7.97. The Bertz CT molecular complexity index is 570. The molecule has 0 saturated carbocycles. The maximum Gasteiger partial charge on any atom is 0.478 e. The lowest BCUT2D eigenvalue weighted by molar-refractivity contribution is -0.139. The Hall–Kier alpha value is -1.82. The fourth-order valence-corrected chi connectivity index (χ4v) is 2.85. The minimum absolute atomic E-state index is 0.0225. The van der Waals surface area contributed by atoms with Crippen LogP contribution in [0.3, 0.4) is 0 Å². The lowest BCUT2D eigenvalue weighted by Gasteiger charge is -2.30. The van der Waals surface area contributed by atoms with Crippen molar-refractivity contribution in [1.29, 1.82) is 0 Å². The Kier molecular flexibility index (Phi) is 10.0. The van der Waals surface area contributed by atoms with E-state index in [2.05, 4.69) is 17.1 Å². The molecular weight excluding hydrogens is 363 g/mol. The highest BCUT2D eigenvalue weighted by atomic mass is 32.2. The van der Waals surface area contributed by atoms with Gasteiger partial charge in [-0.2, -0.15) is 0 Å². The standard InChI is InChI=1S/C15H23BN2O7S/c1-3-4-11(26-2)14(18-24-8-7-19)15(22)17-12-6-5-10(9-13(20)21)25-16(12)23/h3-4,10,12,19,23H,1,5-9H2,2H3,(H,17,22)(H,20,21)/b11-4-,18-14+. The van der Waals surface area contributed by atoms with Gasteiger partial charge in [0.2, 0.25) is 0 Å². The monoisotopic (exact) mass is 386 g/mol. The molecule has 1 fully saturated rings. The van der Waals surface area contributed by atoms with E-state index in [0.29, 0.717) is 17.7 Å². The summed E-state index contributed by atoms with van der Waals surface area (Å²) in [4.78, 5) is 28.7. The van der Waals surface area contributed by atoms with Gasteiger partial charge in [-0.15, -0.1) is 11.8 Å². The van der Waals surface area contributed by atoms with E-state index in [1.54, 1.807) is 12.3 Å². The van der Waals surface area contributed by atoms with E-state index >= 15 is 0 Å². The molecule has 9 nitrogen and oxygen atoms in total. The second-order valence-corrected chi connectivity index (χ2v) is 6.22. The van der Waals surface area contributed by atoms with Crippen LogP contribution in [0, 0.1) is 0 Å². The first-order chi connectivity index (χ1) is 12.4. The van der Waals surface area contributed by atoms with Gasteiger partial charge in [0.25, 0.3) is 5.91 Å². The zero-order valence-electron chi connectivity index (χ0n) is 14.5. The number of carbonyl (C=O) groups excluding carboxylic acids is 1. The van der Waals surface area contributed by atoms with Crippen molar-refractivity contribution in [3.05, 3.63) is 23.6 Å². The third-order valence-corrected chi connectivity index (χ3v) is 4.24. The van der Waals surface area contributed by atoms with Crippen LogP contribution in [0.2, 0.25) is 0 Å². The van der Waals surface area contributed by atoms with Crippen LogP contribution in [-0.4, -0.2) is 71.5 Å². The number of hydrogen-bond donors (Lipinski definition) is 4. The van der Waals surface area contributed by atoms with Crippen LogP contribution < -0.4 is 5.32 Å². The summed E-state index contributed by atoms with van der Waals surface area (Å²) in [5, 5.41) is 34.0. The number of nitrogens with one attached hydrogen (secondary N) is 1. The fourth-order valence-electron chi connectivity index (χ4n) is 2.29. The predicted octanol–water partition coefficient (Wildman–Crippen LogP) is -0.0576. The molecule has 26 heavy (non-hydrogen) atoms. The molecule has 0 aliphatic carbocycles. The van der Waals surface area contributed by atoms with Crippen molar-refractivity contribution in [2.45, 2.75) is 31.3 Å². The number of carboxylic acids is 1. The third kappa shape index (κ3) is 7.20.